The molecule has 1 aromatic carbocycles. The lowest BCUT2D eigenvalue weighted by molar-refractivity contribution is -0.152. The van der Waals surface area contributed by atoms with Crippen LogP contribution in [0.5, 0.6) is 5.75 Å². The molecule has 0 spiro atoms. The van der Waals surface area contributed by atoms with Crippen LogP contribution in [0.15, 0.2) is 24.3 Å². The monoisotopic (exact) mass is 541 g/mol. The Kier molecular flexibility index (Phi) is 21.8. The van der Waals surface area contributed by atoms with E-state index in [1.165, 1.54) is 69.8 Å². The van der Waals surface area contributed by atoms with Gasteiger partial charge in [-0.1, -0.05) is 90.7 Å². The van der Waals surface area contributed by atoms with E-state index >= 15 is 0 Å². The van der Waals surface area contributed by atoms with Crippen LogP contribution in [-0.2, 0) is 25.0 Å². The zero-order valence-corrected chi connectivity index (χ0v) is 24.4. The predicted octanol–water partition coefficient (Wildman–Crippen LogP) is 7.10. The molecular formula is C29H52NO6P. The number of rotatable bonds is 25. The van der Waals surface area contributed by atoms with E-state index in [2.05, 4.69) is 24.4 Å². The van der Waals surface area contributed by atoms with Gasteiger partial charge in [0.15, 0.2) is 6.10 Å². The normalized spacial score (nSPS) is 12.9. The number of carbonyl (C=O) groups excluding carboxylic acids is 1. The first kappa shape index (κ1) is 33.8. The summed E-state index contributed by atoms with van der Waals surface area (Å²) in [5.74, 6) is 0.415. The van der Waals surface area contributed by atoms with Crippen LogP contribution in [-0.4, -0.2) is 49.9 Å². The lowest BCUT2D eigenvalue weighted by Crippen LogP contribution is -2.29. The van der Waals surface area contributed by atoms with Crippen LogP contribution in [0.2, 0.25) is 0 Å². The van der Waals surface area contributed by atoms with Gasteiger partial charge in [0, 0.05) is 13.0 Å². The summed E-state index contributed by atoms with van der Waals surface area (Å²) in [6.45, 7) is 8.15. The molecule has 0 fully saturated rings. The van der Waals surface area contributed by atoms with Gasteiger partial charge in [0.1, 0.15) is 12.4 Å². The number of esters is 1. The predicted molar refractivity (Wildman–Crippen MR) is 152 cm³/mol. The van der Waals surface area contributed by atoms with Crippen molar-refractivity contribution in [3.63, 3.8) is 0 Å². The molecule has 1 aromatic rings. The summed E-state index contributed by atoms with van der Waals surface area (Å²) >= 11 is 0. The second-order valence-corrected chi connectivity index (χ2v) is 10.5. The second kappa shape index (κ2) is 23.8. The summed E-state index contributed by atoms with van der Waals surface area (Å²) in [4.78, 5) is 21.9. The fraction of sp³-hybridized carbons (Fsp3) is 0.759. The second-order valence-electron chi connectivity index (χ2n) is 9.47. The first-order valence-corrected chi connectivity index (χ1v) is 15.6. The molecule has 0 heterocycles. The van der Waals surface area contributed by atoms with Gasteiger partial charge in [-0.25, -0.2) is 0 Å². The molecule has 0 saturated carbocycles. The van der Waals surface area contributed by atoms with E-state index in [9.17, 15) is 9.69 Å². The standard InChI is InChI=1S/C29H52NO6P/c1-4-7-8-9-10-11-12-13-14-15-17-26-18-20-27(21-19-26)33-24-28(36-29(31)16-5-2)25-35-37(32)34-23-22-30-6-3/h18-21,28,30,32H,4-17,22-25H2,1-3H3. The number of unbranched alkanes of at least 4 members (excludes halogenated alkanes) is 9. The molecule has 0 aliphatic rings. The van der Waals surface area contributed by atoms with Gasteiger partial charge in [-0.15, -0.1) is 0 Å². The molecule has 0 radical (unpaired) electrons. The van der Waals surface area contributed by atoms with Gasteiger partial charge in [0.25, 0.3) is 0 Å². The molecule has 214 valence electrons. The molecular weight excluding hydrogens is 489 g/mol. The number of nitrogens with one attached hydrogen (secondary N) is 1. The molecule has 0 bridgehead atoms. The number of carbonyl (C=O) groups is 1. The molecule has 7 nitrogen and oxygen atoms in total. The topological polar surface area (TPSA) is 86.2 Å². The van der Waals surface area contributed by atoms with Gasteiger partial charge in [0.05, 0.1) is 13.2 Å². The maximum absolute atomic E-state index is 12.0. The van der Waals surface area contributed by atoms with Crippen molar-refractivity contribution in [2.24, 2.45) is 0 Å². The maximum Gasteiger partial charge on any atom is 0.330 e. The summed E-state index contributed by atoms with van der Waals surface area (Å²) in [6, 6.07) is 8.12. The number of benzene rings is 1. The number of ether oxygens (including phenoxy) is 2. The molecule has 37 heavy (non-hydrogen) atoms. The van der Waals surface area contributed by atoms with E-state index in [-0.39, 0.29) is 19.2 Å². The number of aryl methyl sites for hydroxylation is 1. The fourth-order valence-electron chi connectivity index (χ4n) is 3.88. The van der Waals surface area contributed by atoms with E-state index in [0.717, 1.165) is 18.7 Å². The molecule has 0 aliphatic carbocycles. The van der Waals surface area contributed by atoms with Crippen LogP contribution < -0.4 is 10.1 Å². The maximum atomic E-state index is 12.0. The summed E-state index contributed by atoms with van der Waals surface area (Å²) in [5.41, 5.74) is 1.31. The van der Waals surface area contributed by atoms with Crippen molar-refractivity contribution in [1.82, 2.24) is 5.32 Å². The summed E-state index contributed by atoms with van der Waals surface area (Å²) in [5, 5.41) is 3.11. The van der Waals surface area contributed by atoms with Gasteiger partial charge in [-0.05, 0) is 43.5 Å². The third-order valence-corrected chi connectivity index (χ3v) is 6.81. The average molecular weight is 542 g/mol. The Hall–Kier alpha value is -1.24. The molecule has 0 saturated heterocycles. The Morgan fingerprint density at radius 2 is 1.51 bits per heavy atom. The summed E-state index contributed by atoms with van der Waals surface area (Å²) < 4.78 is 22.0. The third-order valence-electron chi connectivity index (χ3n) is 6.03. The summed E-state index contributed by atoms with van der Waals surface area (Å²) in [7, 11) is -2.03. The van der Waals surface area contributed by atoms with Crippen LogP contribution in [0.1, 0.15) is 103 Å². The van der Waals surface area contributed by atoms with Gasteiger partial charge < -0.3 is 28.7 Å². The van der Waals surface area contributed by atoms with E-state index in [0.29, 0.717) is 26.0 Å². The molecule has 2 N–H and O–H groups in total. The highest BCUT2D eigenvalue weighted by molar-refractivity contribution is 7.40. The Morgan fingerprint density at radius 1 is 0.865 bits per heavy atom. The highest BCUT2D eigenvalue weighted by atomic mass is 31.2. The van der Waals surface area contributed by atoms with Crippen molar-refractivity contribution in [1.29, 1.82) is 0 Å². The molecule has 8 heteroatoms. The van der Waals surface area contributed by atoms with Gasteiger partial charge in [-0.3, -0.25) is 4.79 Å². The lowest BCUT2D eigenvalue weighted by Gasteiger charge is -2.20. The van der Waals surface area contributed by atoms with Crippen molar-refractivity contribution in [3.05, 3.63) is 29.8 Å². The van der Waals surface area contributed by atoms with E-state index in [1.54, 1.807) is 0 Å². The van der Waals surface area contributed by atoms with Crippen molar-refractivity contribution in [3.8, 4) is 5.75 Å². The minimum Gasteiger partial charge on any atom is -0.490 e. The van der Waals surface area contributed by atoms with Crippen LogP contribution in [0.25, 0.3) is 0 Å². The molecule has 0 amide bonds. The molecule has 0 aliphatic heterocycles. The minimum absolute atomic E-state index is 0.00961. The van der Waals surface area contributed by atoms with Crippen molar-refractivity contribution >= 4 is 14.6 Å². The Balaban J connectivity index is 2.32. The average Bonchev–Trinajstić information content (AvgIpc) is 2.90. The number of likely N-dealkylation sites (N-methyl/N-ethyl adjacent to an activating group) is 1. The van der Waals surface area contributed by atoms with Gasteiger partial charge in [-0.2, -0.15) is 0 Å². The summed E-state index contributed by atoms with van der Waals surface area (Å²) in [6.07, 6.45) is 14.9. The Labute approximate surface area is 227 Å². The number of hydrogen-bond donors (Lipinski definition) is 2. The van der Waals surface area contributed by atoms with E-state index in [1.807, 2.05) is 26.0 Å². The quantitative estimate of drug-likeness (QED) is 0.0775. The highest BCUT2D eigenvalue weighted by Gasteiger charge is 2.19. The minimum atomic E-state index is -2.03. The first-order valence-electron chi connectivity index (χ1n) is 14.5. The van der Waals surface area contributed by atoms with Crippen molar-refractivity contribution in [2.75, 3.05) is 32.9 Å². The third kappa shape index (κ3) is 19.5. The smallest absolute Gasteiger partial charge is 0.330 e. The van der Waals surface area contributed by atoms with Crippen molar-refractivity contribution in [2.45, 2.75) is 110 Å². The Bertz CT molecular complexity index is 660. The molecule has 2 atom stereocenters. The number of hydrogen-bond acceptors (Lipinski definition) is 7. The first-order chi connectivity index (χ1) is 18.1. The van der Waals surface area contributed by atoms with Gasteiger partial charge >= 0.3 is 14.6 Å². The fourth-order valence-corrected chi connectivity index (χ4v) is 4.50. The van der Waals surface area contributed by atoms with Gasteiger partial charge in [0.2, 0.25) is 0 Å². The Morgan fingerprint density at radius 3 is 2.14 bits per heavy atom. The lowest BCUT2D eigenvalue weighted by atomic mass is 10.0. The van der Waals surface area contributed by atoms with Crippen molar-refractivity contribution < 1.29 is 28.2 Å². The molecule has 1 rings (SSSR count). The van der Waals surface area contributed by atoms with Crippen LogP contribution in [0.3, 0.4) is 0 Å². The van der Waals surface area contributed by atoms with Crippen LogP contribution in [0, 0.1) is 0 Å². The van der Waals surface area contributed by atoms with Crippen LogP contribution >= 0.6 is 8.60 Å². The highest BCUT2D eigenvalue weighted by Crippen LogP contribution is 2.32. The van der Waals surface area contributed by atoms with Crippen LogP contribution in [0.4, 0.5) is 0 Å². The zero-order chi connectivity index (χ0) is 27.0. The molecule has 0 aromatic heterocycles. The SMILES string of the molecule is CCCCCCCCCCCCc1ccc(OCC(COP(O)OCCNCC)OC(=O)CCC)cc1. The van der Waals surface area contributed by atoms with E-state index in [4.69, 9.17) is 18.5 Å². The largest absolute Gasteiger partial charge is 0.490 e. The zero-order valence-electron chi connectivity index (χ0n) is 23.6. The van der Waals surface area contributed by atoms with E-state index < -0.39 is 14.7 Å². The molecule has 2 unspecified atom stereocenters.